The second-order valence-electron chi connectivity index (χ2n) is 2.57. The molecule has 1 aliphatic heterocycles. The topological polar surface area (TPSA) is 12.0 Å². The Morgan fingerprint density at radius 3 is 2.88 bits per heavy atom. The highest BCUT2D eigenvalue weighted by molar-refractivity contribution is 5.05. The van der Waals surface area contributed by atoms with E-state index >= 15 is 0 Å². The van der Waals surface area contributed by atoms with Gasteiger partial charge in [-0.2, -0.15) is 0 Å². The summed E-state index contributed by atoms with van der Waals surface area (Å²) < 4.78 is 0. The first-order chi connectivity index (χ1) is 3.79. The van der Waals surface area contributed by atoms with E-state index in [0.717, 1.165) is 6.54 Å². The first-order valence-corrected chi connectivity index (χ1v) is 3.18. The second kappa shape index (κ2) is 2.31. The van der Waals surface area contributed by atoms with Gasteiger partial charge < -0.3 is 5.32 Å². The van der Waals surface area contributed by atoms with Gasteiger partial charge >= 0.3 is 0 Å². The van der Waals surface area contributed by atoms with Crippen molar-refractivity contribution in [1.29, 1.82) is 0 Å². The molecule has 46 valence electrons. The predicted molar refractivity (Wildman–Crippen MR) is 35.8 cm³/mol. The lowest BCUT2D eigenvalue weighted by Crippen LogP contribution is -2.30. The van der Waals surface area contributed by atoms with Crippen LogP contribution in [0, 0.1) is 0 Å². The lowest BCUT2D eigenvalue weighted by Gasteiger charge is -2.17. The van der Waals surface area contributed by atoms with Crippen molar-refractivity contribution in [2.24, 2.45) is 0 Å². The van der Waals surface area contributed by atoms with Crippen LogP contribution in [0.5, 0.6) is 0 Å². The van der Waals surface area contributed by atoms with Gasteiger partial charge in [-0.15, -0.1) is 0 Å². The minimum atomic E-state index is 0.693. The quantitative estimate of drug-likeness (QED) is 0.465. The van der Waals surface area contributed by atoms with Crippen molar-refractivity contribution < 1.29 is 0 Å². The standard InChI is InChI=1S/C7H13N/c1-6-3-4-7(2)8-5-6/h3,7-8H,4-5H2,1-2H3. The Kier molecular flexibility index (Phi) is 1.69. The van der Waals surface area contributed by atoms with Gasteiger partial charge in [-0.25, -0.2) is 0 Å². The van der Waals surface area contributed by atoms with Crippen molar-refractivity contribution in [2.75, 3.05) is 6.54 Å². The molecule has 0 aromatic carbocycles. The zero-order valence-electron chi connectivity index (χ0n) is 5.57. The van der Waals surface area contributed by atoms with Gasteiger partial charge in [-0.3, -0.25) is 0 Å². The fourth-order valence-electron chi connectivity index (χ4n) is 0.869. The van der Waals surface area contributed by atoms with Crippen molar-refractivity contribution >= 4 is 0 Å². The van der Waals surface area contributed by atoms with Crippen LogP contribution in [-0.2, 0) is 0 Å². The SMILES string of the molecule is CC1=CCC(C)NC1. The molecule has 0 aromatic rings. The van der Waals surface area contributed by atoms with E-state index in [1.807, 2.05) is 0 Å². The van der Waals surface area contributed by atoms with Crippen LogP contribution in [-0.4, -0.2) is 12.6 Å². The van der Waals surface area contributed by atoms with Crippen LogP contribution in [0.1, 0.15) is 20.3 Å². The average molecular weight is 111 g/mol. The first-order valence-electron chi connectivity index (χ1n) is 3.18. The van der Waals surface area contributed by atoms with Crippen molar-refractivity contribution in [1.82, 2.24) is 5.32 Å². The summed E-state index contributed by atoms with van der Waals surface area (Å²) in [6.07, 6.45) is 3.51. The fraction of sp³-hybridized carbons (Fsp3) is 0.714. The molecule has 1 heteroatoms. The van der Waals surface area contributed by atoms with E-state index in [1.165, 1.54) is 12.0 Å². The molecule has 0 radical (unpaired) electrons. The van der Waals surface area contributed by atoms with E-state index in [1.54, 1.807) is 0 Å². The molecule has 0 amide bonds. The summed E-state index contributed by atoms with van der Waals surface area (Å²) in [6.45, 7) is 5.46. The van der Waals surface area contributed by atoms with E-state index in [-0.39, 0.29) is 0 Å². The molecule has 1 aliphatic rings. The smallest absolute Gasteiger partial charge is 0.0164 e. The van der Waals surface area contributed by atoms with Gasteiger partial charge in [-0.05, 0) is 20.3 Å². The summed E-state index contributed by atoms with van der Waals surface area (Å²) in [4.78, 5) is 0. The molecule has 0 saturated carbocycles. The van der Waals surface area contributed by atoms with E-state index in [0.29, 0.717) is 6.04 Å². The molecule has 0 bridgehead atoms. The highest BCUT2D eigenvalue weighted by Gasteiger charge is 2.03. The maximum Gasteiger partial charge on any atom is 0.0164 e. The predicted octanol–water partition coefficient (Wildman–Crippen LogP) is 1.31. The third kappa shape index (κ3) is 1.34. The van der Waals surface area contributed by atoms with Crippen LogP contribution < -0.4 is 5.32 Å². The van der Waals surface area contributed by atoms with Crippen LogP contribution in [0.3, 0.4) is 0 Å². The highest BCUT2D eigenvalue weighted by Crippen LogP contribution is 2.03. The molecule has 1 nitrogen and oxygen atoms in total. The zero-order chi connectivity index (χ0) is 5.98. The van der Waals surface area contributed by atoms with Gasteiger partial charge in [0.05, 0.1) is 0 Å². The Labute approximate surface area is 50.8 Å². The Bertz CT molecular complexity index is 105. The molecule has 1 heterocycles. The van der Waals surface area contributed by atoms with Crippen LogP contribution in [0.15, 0.2) is 11.6 Å². The number of hydrogen-bond donors (Lipinski definition) is 1. The fourth-order valence-corrected chi connectivity index (χ4v) is 0.869. The number of hydrogen-bond acceptors (Lipinski definition) is 1. The highest BCUT2D eigenvalue weighted by atomic mass is 14.9. The number of nitrogens with one attached hydrogen (secondary N) is 1. The molecular formula is C7H13N. The largest absolute Gasteiger partial charge is 0.310 e. The lowest BCUT2D eigenvalue weighted by atomic mass is 10.1. The summed E-state index contributed by atoms with van der Waals surface area (Å²) in [5.41, 5.74) is 1.48. The molecule has 0 aliphatic carbocycles. The third-order valence-corrected chi connectivity index (χ3v) is 1.55. The molecular weight excluding hydrogens is 98.1 g/mol. The molecule has 1 unspecified atom stereocenters. The summed E-state index contributed by atoms with van der Waals surface area (Å²) in [6, 6.07) is 0.693. The van der Waals surface area contributed by atoms with Gasteiger partial charge in [0, 0.05) is 12.6 Å². The lowest BCUT2D eigenvalue weighted by molar-refractivity contribution is 0.556. The van der Waals surface area contributed by atoms with E-state index in [4.69, 9.17) is 0 Å². The summed E-state index contributed by atoms with van der Waals surface area (Å²) in [5, 5.41) is 3.36. The van der Waals surface area contributed by atoms with E-state index < -0.39 is 0 Å². The van der Waals surface area contributed by atoms with Crippen molar-refractivity contribution in [2.45, 2.75) is 26.3 Å². The maximum absolute atomic E-state index is 3.36. The molecule has 1 N–H and O–H groups in total. The second-order valence-corrected chi connectivity index (χ2v) is 2.57. The van der Waals surface area contributed by atoms with Crippen LogP contribution in [0.4, 0.5) is 0 Å². The average Bonchev–Trinajstić information content (AvgIpc) is 1.77. The molecule has 0 fully saturated rings. The zero-order valence-corrected chi connectivity index (χ0v) is 5.57. The normalized spacial score (nSPS) is 29.8. The molecule has 1 atom stereocenters. The van der Waals surface area contributed by atoms with Crippen LogP contribution >= 0.6 is 0 Å². The van der Waals surface area contributed by atoms with Crippen LogP contribution in [0.2, 0.25) is 0 Å². The molecule has 0 aromatic heterocycles. The summed E-state index contributed by atoms with van der Waals surface area (Å²) in [7, 11) is 0. The summed E-state index contributed by atoms with van der Waals surface area (Å²) in [5.74, 6) is 0. The van der Waals surface area contributed by atoms with Gasteiger partial charge in [-0.1, -0.05) is 11.6 Å². The monoisotopic (exact) mass is 111 g/mol. The summed E-state index contributed by atoms with van der Waals surface area (Å²) >= 11 is 0. The molecule has 8 heavy (non-hydrogen) atoms. The van der Waals surface area contributed by atoms with E-state index in [9.17, 15) is 0 Å². The maximum atomic E-state index is 3.36. The Morgan fingerprint density at radius 2 is 2.50 bits per heavy atom. The Balaban J connectivity index is 2.42. The van der Waals surface area contributed by atoms with Crippen molar-refractivity contribution in [3.63, 3.8) is 0 Å². The Hall–Kier alpha value is -0.300. The minimum absolute atomic E-state index is 0.693. The minimum Gasteiger partial charge on any atom is -0.310 e. The molecule has 0 saturated heterocycles. The van der Waals surface area contributed by atoms with Crippen molar-refractivity contribution in [3.05, 3.63) is 11.6 Å². The third-order valence-electron chi connectivity index (χ3n) is 1.55. The molecule has 0 spiro atoms. The van der Waals surface area contributed by atoms with Crippen LogP contribution in [0.25, 0.3) is 0 Å². The van der Waals surface area contributed by atoms with Crippen molar-refractivity contribution in [3.8, 4) is 0 Å². The number of rotatable bonds is 0. The Morgan fingerprint density at radius 1 is 1.75 bits per heavy atom. The van der Waals surface area contributed by atoms with Gasteiger partial charge in [0.25, 0.3) is 0 Å². The first kappa shape index (κ1) is 5.83. The molecule has 1 rings (SSSR count). The van der Waals surface area contributed by atoms with Gasteiger partial charge in [0.1, 0.15) is 0 Å². The van der Waals surface area contributed by atoms with E-state index in [2.05, 4.69) is 25.2 Å². The van der Waals surface area contributed by atoms with Gasteiger partial charge in [0.2, 0.25) is 0 Å². The van der Waals surface area contributed by atoms with Gasteiger partial charge in [0.15, 0.2) is 0 Å².